The Balaban J connectivity index is 1.71. The number of hydrogen-bond donors (Lipinski definition) is 2. The second kappa shape index (κ2) is 10.3. The minimum absolute atomic E-state index is 0.120. The van der Waals surface area contributed by atoms with E-state index < -0.39 is 11.9 Å². The summed E-state index contributed by atoms with van der Waals surface area (Å²) in [5.74, 6) is -0.792. The quantitative estimate of drug-likeness (QED) is 0.419. The summed E-state index contributed by atoms with van der Waals surface area (Å²) < 4.78 is 0. The van der Waals surface area contributed by atoms with E-state index in [1.807, 2.05) is 35.7 Å². The van der Waals surface area contributed by atoms with Crippen LogP contribution in [0.1, 0.15) is 23.7 Å². The van der Waals surface area contributed by atoms with Crippen molar-refractivity contribution in [2.75, 3.05) is 6.54 Å². The van der Waals surface area contributed by atoms with Gasteiger partial charge in [-0.25, -0.2) is 4.98 Å². The molecular formula is C23H21N5O2S. The molecule has 0 fully saturated rings. The third-order valence-electron chi connectivity index (χ3n) is 4.37. The van der Waals surface area contributed by atoms with E-state index in [0.717, 1.165) is 27.4 Å². The van der Waals surface area contributed by atoms with Gasteiger partial charge in [0.2, 0.25) is 5.91 Å². The highest BCUT2D eigenvalue weighted by molar-refractivity contribution is 7.13. The topological polar surface area (TPSA) is 108 Å². The van der Waals surface area contributed by atoms with E-state index in [9.17, 15) is 9.59 Å². The predicted octanol–water partition coefficient (Wildman–Crippen LogP) is 3.58. The number of benzene rings is 1. The van der Waals surface area contributed by atoms with Crippen LogP contribution in [-0.2, 0) is 4.79 Å². The molecule has 1 atom stereocenters. The molecule has 2 heterocycles. The maximum absolute atomic E-state index is 12.6. The van der Waals surface area contributed by atoms with Gasteiger partial charge in [0.15, 0.2) is 0 Å². The molecular weight excluding hydrogens is 410 g/mol. The Bertz CT molecular complexity index is 1120. The van der Waals surface area contributed by atoms with Gasteiger partial charge in [-0.3, -0.25) is 14.6 Å². The van der Waals surface area contributed by atoms with Crippen molar-refractivity contribution in [2.24, 2.45) is 0 Å². The lowest BCUT2D eigenvalue weighted by Crippen LogP contribution is -2.47. The van der Waals surface area contributed by atoms with Gasteiger partial charge >= 0.3 is 0 Å². The van der Waals surface area contributed by atoms with Gasteiger partial charge in [-0.05, 0) is 37.6 Å². The van der Waals surface area contributed by atoms with Crippen LogP contribution in [0.4, 0.5) is 0 Å². The summed E-state index contributed by atoms with van der Waals surface area (Å²) >= 11 is 1.53. The van der Waals surface area contributed by atoms with Gasteiger partial charge in [-0.2, -0.15) is 5.26 Å². The first kappa shape index (κ1) is 21.9. The first-order chi connectivity index (χ1) is 15.0. The van der Waals surface area contributed by atoms with Gasteiger partial charge in [0, 0.05) is 34.5 Å². The van der Waals surface area contributed by atoms with Crippen LogP contribution in [0, 0.1) is 11.3 Å². The minimum atomic E-state index is -0.793. The monoisotopic (exact) mass is 431 g/mol. The predicted molar refractivity (Wildman–Crippen MR) is 120 cm³/mol. The Hall–Kier alpha value is -3.83. The molecule has 0 aliphatic heterocycles. The fraction of sp³-hybridized carbons (Fsp3) is 0.174. The van der Waals surface area contributed by atoms with Crippen LogP contribution in [-0.4, -0.2) is 34.4 Å². The minimum Gasteiger partial charge on any atom is -0.341 e. The number of hydrogen-bond acceptors (Lipinski definition) is 6. The van der Waals surface area contributed by atoms with Gasteiger partial charge < -0.3 is 10.6 Å². The van der Waals surface area contributed by atoms with E-state index in [-0.39, 0.29) is 18.9 Å². The van der Waals surface area contributed by atoms with Crippen LogP contribution >= 0.6 is 11.3 Å². The molecule has 2 amide bonds. The molecule has 156 valence electrons. The lowest BCUT2D eigenvalue weighted by Gasteiger charge is -2.18. The molecule has 0 saturated heterocycles. The lowest BCUT2D eigenvalue weighted by atomic mass is 10.1. The highest BCUT2D eigenvalue weighted by Crippen LogP contribution is 2.28. The van der Waals surface area contributed by atoms with Crippen molar-refractivity contribution in [3.8, 4) is 27.9 Å². The van der Waals surface area contributed by atoms with E-state index in [1.54, 1.807) is 31.5 Å². The summed E-state index contributed by atoms with van der Waals surface area (Å²) in [5, 5.41) is 16.7. The molecule has 0 aliphatic rings. The normalized spacial score (nSPS) is 11.2. The van der Waals surface area contributed by atoms with Crippen LogP contribution in [0.3, 0.4) is 0 Å². The van der Waals surface area contributed by atoms with Gasteiger partial charge in [-0.1, -0.05) is 17.7 Å². The van der Waals surface area contributed by atoms with E-state index >= 15 is 0 Å². The van der Waals surface area contributed by atoms with E-state index in [1.165, 1.54) is 11.3 Å². The van der Waals surface area contributed by atoms with Crippen molar-refractivity contribution >= 4 is 23.2 Å². The highest BCUT2D eigenvalue weighted by Gasteiger charge is 2.21. The molecule has 2 aromatic heterocycles. The van der Waals surface area contributed by atoms with E-state index in [0.29, 0.717) is 5.56 Å². The summed E-state index contributed by atoms with van der Waals surface area (Å²) in [6, 6.07) is 11.9. The van der Waals surface area contributed by atoms with Crippen LogP contribution in [0.15, 0.2) is 66.3 Å². The third-order valence-corrected chi connectivity index (χ3v) is 5.26. The van der Waals surface area contributed by atoms with Gasteiger partial charge in [0.1, 0.15) is 17.6 Å². The van der Waals surface area contributed by atoms with Crippen molar-refractivity contribution in [3.63, 3.8) is 0 Å². The number of nitrogens with zero attached hydrogens (tertiary/aromatic N) is 3. The largest absolute Gasteiger partial charge is 0.341 e. The molecule has 0 spiro atoms. The number of rotatable bonds is 8. The average Bonchev–Trinajstić information content (AvgIpc) is 3.27. The summed E-state index contributed by atoms with van der Waals surface area (Å²) in [6.07, 6.45) is 3.77. The number of aromatic nitrogens is 2. The molecule has 3 rings (SSSR count). The van der Waals surface area contributed by atoms with Crippen molar-refractivity contribution in [1.29, 1.82) is 5.26 Å². The number of pyridine rings is 1. The fourth-order valence-corrected chi connectivity index (χ4v) is 3.69. The molecule has 31 heavy (non-hydrogen) atoms. The zero-order valence-electron chi connectivity index (χ0n) is 17.0. The first-order valence-corrected chi connectivity index (χ1v) is 10.4. The van der Waals surface area contributed by atoms with Gasteiger partial charge in [0.05, 0.1) is 11.8 Å². The molecule has 0 bridgehead atoms. The van der Waals surface area contributed by atoms with E-state index in [4.69, 9.17) is 5.26 Å². The van der Waals surface area contributed by atoms with Crippen molar-refractivity contribution in [1.82, 2.24) is 20.6 Å². The molecule has 0 aliphatic carbocycles. The molecule has 0 radical (unpaired) electrons. The van der Waals surface area contributed by atoms with Crippen LogP contribution in [0.2, 0.25) is 0 Å². The number of nitriles is 1. The molecule has 0 saturated carbocycles. The maximum atomic E-state index is 12.6. The molecule has 7 nitrogen and oxygen atoms in total. The zero-order chi connectivity index (χ0) is 22.2. The number of carbonyl (C=O) groups excluding carboxylic acids is 2. The van der Waals surface area contributed by atoms with Gasteiger partial charge in [0.25, 0.3) is 5.91 Å². The van der Waals surface area contributed by atoms with Crippen molar-refractivity contribution in [3.05, 3.63) is 71.9 Å². The Morgan fingerprint density at radius 3 is 2.65 bits per heavy atom. The van der Waals surface area contributed by atoms with Crippen LogP contribution < -0.4 is 10.6 Å². The van der Waals surface area contributed by atoms with E-state index in [2.05, 4.69) is 27.2 Å². The zero-order valence-corrected chi connectivity index (χ0v) is 17.8. The Kier molecular flexibility index (Phi) is 7.25. The second-order valence-electron chi connectivity index (χ2n) is 6.92. The highest BCUT2D eigenvalue weighted by atomic mass is 32.1. The average molecular weight is 432 g/mol. The lowest BCUT2D eigenvalue weighted by molar-refractivity contribution is -0.122. The molecule has 8 heteroatoms. The molecule has 1 aromatic carbocycles. The Morgan fingerprint density at radius 2 is 2.00 bits per heavy atom. The molecule has 3 aromatic rings. The number of amides is 2. The SMILES string of the molecule is C=C(C)CC(NC(=O)c1ccc(-c2csc(-c3cccnc3)n2)cc1)C(=O)NCC#N. The smallest absolute Gasteiger partial charge is 0.251 e. The number of carbonyl (C=O) groups is 2. The summed E-state index contributed by atoms with van der Waals surface area (Å²) in [4.78, 5) is 33.6. The fourth-order valence-electron chi connectivity index (χ4n) is 2.87. The first-order valence-electron chi connectivity index (χ1n) is 9.54. The number of thiazole rings is 1. The maximum Gasteiger partial charge on any atom is 0.251 e. The van der Waals surface area contributed by atoms with Crippen molar-refractivity contribution in [2.45, 2.75) is 19.4 Å². The second-order valence-corrected chi connectivity index (χ2v) is 7.78. The number of nitrogens with one attached hydrogen (secondary N) is 2. The van der Waals surface area contributed by atoms with Crippen molar-refractivity contribution < 1.29 is 9.59 Å². The molecule has 2 N–H and O–H groups in total. The van der Waals surface area contributed by atoms with Crippen LogP contribution in [0.5, 0.6) is 0 Å². The summed E-state index contributed by atoms with van der Waals surface area (Å²) in [7, 11) is 0. The third kappa shape index (κ3) is 5.84. The Morgan fingerprint density at radius 1 is 1.23 bits per heavy atom. The van der Waals surface area contributed by atoms with Crippen LogP contribution in [0.25, 0.3) is 21.8 Å². The molecule has 1 unspecified atom stereocenters. The van der Waals surface area contributed by atoms with Gasteiger partial charge in [-0.15, -0.1) is 17.9 Å². The summed E-state index contributed by atoms with van der Waals surface area (Å²) in [6.45, 7) is 5.46. The standard InChI is InChI=1S/C23H21N5O2S/c1-15(2)12-19(22(30)26-11-9-24)27-21(29)17-7-5-16(6-8-17)20-14-31-23(28-20)18-4-3-10-25-13-18/h3-8,10,13-14,19H,1,11-12H2,2H3,(H,26,30)(H,27,29). The summed E-state index contributed by atoms with van der Waals surface area (Å²) in [5.41, 5.74) is 3.82. The Labute approximate surface area is 184 Å².